The van der Waals surface area contributed by atoms with Crippen molar-refractivity contribution in [2.24, 2.45) is 0 Å². The van der Waals surface area contributed by atoms with Gasteiger partial charge in [0.25, 0.3) is 5.91 Å². The number of nitrogens with one attached hydrogen (secondary N) is 2. The van der Waals surface area contributed by atoms with E-state index >= 15 is 0 Å². The molecular weight excluding hydrogens is 292 g/mol. The van der Waals surface area contributed by atoms with Gasteiger partial charge in [-0.3, -0.25) is 9.59 Å². The van der Waals surface area contributed by atoms with Gasteiger partial charge in [0.1, 0.15) is 0 Å². The summed E-state index contributed by atoms with van der Waals surface area (Å²) in [5.74, 6) is -0.342. The Morgan fingerprint density at radius 2 is 1.78 bits per heavy atom. The Labute approximate surface area is 138 Å². The molecule has 5 nitrogen and oxygen atoms in total. The Hall–Kier alpha value is -1.88. The molecule has 23 heavy (non-hydrogen) atoms. The number of benzene rings is 1. The molecule has 5 heteroatoms. The van der Waals surface area contributed by atoms with Crippen LogP contribution < -0.4 is 10.6 Å². The van der Waals surface area contributed by atoms with Crippen molar-refractivity contribution in [3.63, 3.8) is 0 Å². The van der Waals surface area contributed by atoms with Crippen molar-refractivity contribution in [3.05, 3.63) is 29.8 Å². The fraction of sp³-hybridized carbons (Fsp3) is 0.556. The molecule has 2 amide bonds. The predicted molar refractivity (Wildman–Crippen MR) is 92.5 cm³/mol. The van der Waals surface area contributed by atoms with Crippen molar-refractivity contribution < 1.29 is 14.7 Å². The molecule has 0 spiro atoms. The molecule has 0 radical (unpaired) electrons. The minimum absolute atomic E-state index is 0.0946. The van der Waals surface area contributed by atoms with Crippen LogP contribution in [-0.2, 0) is 4.79 Å². The van der Waals surface area contributed by atoms with E-state index in [1.807, 2.05) is 13.8 Å². The number of hydrogen-bond acceptors (Lipinski definition) is 3. The number of anilines is 1. The Morgan fingerprint density at radius 1 is 1.13 bits per heavy atom. The van der Waals surface area contributed by atoms with Gasteiger partial charge in [-0.05, 0) is 31.0 Å². The van der Waals surface area contributed by atoms with Crippen LogP contribution in [0, 0.1) is 0 Å². The van der Waals surface area contributed by atoms with Crippen molar-refractivity contribution in [2.45, 2.75) is 58.5 Å². The summed E-state index contributed by atoms with van der Waals surface area (Å²) < 4.78 is 0. The third kappa shape index (κ3) is 6.40. The van der Waals surface area contributed by atoms with E-state index in [2.05, 4.69) is 10.6 Å². The van der Waals surface area contributed by atoms with Crippen LogP contribution in [0.3, 0.4) is 0 Å². The Bertz CT molecular complexity index is 523. The fourth-order valence-corrected chi connectivity index (χ4v) is 2.57. The van der Waals surface area contributed by atoms with Crippen LogP contribution in [0.5, 0.6) is 0 Å². The zero-order valence-corrected chi connectivity index (χ0v) is 14.3. The van der Waals surface area contributed by atoms with Gasteiger partial charge in [-0.25, -0.2) is 0 Å². The highest BCUT2D eigenvalue weighted by molar-refractivity contribution is 5.97. The van der Waals surface area contributed by atoms with Crippen LogP contribution in [0.2, 0.25) is 0 Å². The highest BCUT2D eigenvalue weighted by atomic mass is 16.3. The smallest absolute Gasteiger partial charge is 0.251 e. The summed E-state index contributed by atoms with van der Waals surface area (Å²) in [5.41, 5.74) is 0.212. The van der Waals surface area contributed by atoms with Crippen molar-refractivity contribution in [3.8, 4) is 0 Å². The van der Waals surface area contributed by atoms with E-state index < -0.39 is 5.60 Å². The SMILES string of the molecule is CCCC(O)(CCC)CNC(=O)c1cccc(NC(=O)CC)c1. The van der Waals surface area contributed by atoms with Gasteiger partial charge in [0.2, 0.25) is 5.91 Å². The van der Waals surface area contributed by atoms with Gasteiger partial charge in [-0.1, -0.05) is 39.7 Å². The third-order valence-corrected chi connectivity index (χ3v) is 3.74. The van der Waals surface area contributed by atoms with Gasteiger partial charge in [-0.2, -0.15) is 0 Å². The van der Waals surface area contributed by atoms with E-state index in [-0.39, 0.29) is 18.4 Å². The van der Waals surface area contributed by atoms with Gasteiger partial charge < -0.3 is 15.7 Å². The van der Waals surface area contributed by atoms with Crippen molar-refractivity contribution in [2.75, 3.05) is 11.9 Å². The molecule has 0 heterocycles. The highest BCUT2D eigenvalue weighted by Gasteiger charge is 2.25. The lowest BCUT2D eigenvalue weighted by atomic mass is 9.92. The van der Waals surface area contributed by atoms with Gasteiger partial charge in [0, 0.05) is 24.2 Å². The number of rotatable bonds is 9. The van der Waals surface area contributed by atoms with Crippen LogP contribution in [-0.4, -0.2) is 29.1 Å². The van der Waals surface area contributed by atoms with Crippen molar-refractivity contribution in [1.29, 1.82) is 0 Å². The Kier molecular flexibility index (Phi) is 7.75. The molecule has 0 saturated heterocycles. The molecule has 1 rings (SSSR count). The number of carbonyl (C=O) groups excluding carboxylic acids is 2. The maximum atomic E-state index is 12.3. The second kappa shape index (κ2) is 9.30. The number of hydrogen-bond donors (Lipinski definition) is 3. The standard InChI is InChI=1S/C18H28N2O3/c1-4-10-18(23,11-5-2)13-19-17(22)14-8-7-9-15(12-14)20-16(21)6-3/h7-9,12,23H,4-6,10-11,13H2,1-3H3,(H,19,22)(H,20,21). The van der Waals surface area contributed by atoms with Gasteiger partial charge in [-0.15, -0.1) is 0 Å². The minimum atomic E-state index is -0.854. The van der Waals surface area contributed by atoms with Crippen LogP contribution in [0.25, 0.3) is 0 Å². The third-order valence-electron chi connectivity index (χ3n) is 3.74. The largest absolute Gasteiger partial charge is 0.388 e. The van der Waals surface area contributed by atoms with E-state index in [0.717, 1.165) is 12.8 Å². The first-order chi connectivity index (χ1) is 10.9. The first-order valence-corrected chi connectivity index (χ1v) is 8.34. The zero-order valence-electron chi connectivity index (χ0n) is 14.3. The molecule has 0 aliphatic rings. The Morgan fingerprint density at radius 3 is 2.35 bits per heavy atom. The monoisotopic (exact) mass is 320 g/mol. The van der Waals surface area contributed by atoms with E-state index in [9.17, 15) is 14.7 Å². The zero-order chi connectivity index (χ0) is 17.3. The number of aliphatic hydroxyl groups is 1. The van der Waals surface area contributed by atoms with E-state index in [4.69, 9.17) is 0 Å². The molecule has 0 aliphatic heterocycles. The number of carbonyl (C=O) groups is 2. The van der Waals surface area contributed by atoms with E-state index in [0.29, 0.717) is 30.5 Å². The van der Waals surface area contributed by atoms with Gasteiger partial charge in [0.15, 0.2) is 0 Å². The van der Waals surface area contributed by atoms with Crippen LogP contribution >= 0.6 is 0 Å². The summed E-state index contributed by atoms with van der Waals surface area (Å²) in [4.78, 5) is 23.7. The molecule has 0 aromatic heterocycles. The maximum Gasteiger partial charge on any atom is 0.251 e. The minimum Gasteiger partial charge on any atom is -0.388 e. The Balaban J connectivity index is 2.70. The molecule has 128 valence electrons. The normalized spacial score (nSPS) is 11.1. The molecule has 0 unspecified atom stereocenters. The van der Waals surface area contributed by atoms with Gasteiger partial charge in [0.05, 0.1) is 5.60 Å². The lowest BCUT2D eigenvalue weighted by molar-refractivity contribution is -0.115. The summed E-state index contributed by atoms with van der Waals surface area (Å²) >= 11 is 0. The summed E-state index contributed by atoms with van der Waals surface area (Å²) in [5, 5.41) is 16.1. The lowest BCUT2D eigenvalue weighted by Crippen LogP contribution is -2.42. The maximum absolute atomic E-state index is 12.3. The molecule has 0 fully saturated rings. The molecule has 0 aliphatic carbocycles. The lowest BCUT2D eigenvalue weighted by Gasteiger charge is -2.27. The summed E-state index contributed by atoms with van der Waals surface area (Å²) in [6.45, 7) is 6.04. The van der Waals surface area contributed by atoms with E-state index in [1.54, 1.807) is 31.2 Å². The average Bonchev–Trinajstić information content (AvgIpc) is 2.53. The number of amides is 2. The summed E-state index contributed by atoms with van der Waals surface area (Å²) in [6, 6.07) is 6.80. The average molecular weight is 320 g/mol. The molecule has 1 aromatic carbocycles. The second-order valence-corrected chi connectivity index (χ2v) is 5.89. The first-order valence-electron chi connectivity index (χ1n) is 8.34. The predicted octanol–water partition coefficient (Wildman–Crippen LogP) is 3.10. The molecule has 0 saturated carbocycles. The second-order valence-electron chi connectivity index (χ2n) is 5.89. The molecule has 1 aromatic rings. The molecule has 0 bridgehead atoms. The molecule has 3 N–H and O–H groups in total. The molecular formula is C18H28N2O3. The van der Waals surface area contributed by atoms with E-state index in [1.165, 1.54) is 0 Å². The van der Waals surface area contributed by atoms with Crippen LogP contribution in [0.4, 0.5) is 5.69 Å². The van der Waals surface area contributed by atoms with Gasteiger partial charge >= 0.3 is 0 Å². The van der Waals surface area contributed by atoms with Crippen LogP contribution in [0.15, 0.2) is 24.3 Å². The van der Waals surface area contributed by atoms with Crippen LogP contribution in [0.1, 0.15) is 63.2 Å². The molecule has 0 atom stereocenters. The summed E-state index contributed by atoms with van der Waals surface area (Å²) in [7, 11) is 0. The topological polar surface area (TPSA) is 78.4 Å². The quantitative estimate of drug-likeness (QED) is 0.654. The van der Waals surface area contributed by atoms with Crippen molar-refractivity contribution in [1.82, 2.24) is 5.32 Å². The fourth-order valence-electron chi connectivity index (χ4n) is 2.57. The highest BCUT2D eigenvalue weighted by Crippen LogP contribution is 2.19. The van der Waals surface area contributed by atoms with Crippen molar-refractivity contribution >= 4 is 17.5 Å². The summed E-state index contributed by atoms with van der Waals surface area (Å²) in [6.07, 6.45) is 3.44. The first kappa shape index (κ1) is 19.2.